The minimum atomic E-state index is -0.0825. The molecule has 0 aromatic carbocycles. The number of carbonyl (C=O) groups excluding carboxylic acids is 1. The first-order valence-electron chi connectivity index (χ1n) is 5.05. The van der Waals surface area contributed by atoms with Crippen LogP contribution in [-0.4, -0.2) is 24.0 Å². The molecule has 0 saturated carbocycles. The Morgan fingerprint density at radius 3 is 3.00 bits per heavy atom. The standard InChI is InChI=1S/C11H17N3O/c1-8(6-12)7-14-11(15)10-4-3-5-13-9(10)2/h3-5,8H,6-7,12H2,1-2H3,(H,14,15). The molecule has 82 valence electrons. The Bertz CT molecular complexity index is 338. The highest BCUT2D eigenvalue weighted by Crippen LogP contribution is 2.03. The first-order chi connectivity index (χ1) is 7.15. The average Bonchev–Trinajstić information content (AvgIpc) is 2.26. The molecule has 0 saturated heterocycles. The summed E-state index contributed by atoms with van der Waals surface area (Å²) in [7, 11) is 0. The summed E-state index contributed by atoms with van der Waals surface area (Å²) >= 11 is 0. The lowest BCUT2D eigenvalue weighted by Crippen LogP contribution is -2.31. The third-order valence-electron chi connectivity index (χ3n) is 2.27. The maximum absolute atomic E-state index is 11.7. The maximum Gasteiger partial charge on any atom is 0.253 e. The van der Waals surface area contributed by atoms with E-state index in [0.717, 1.165) is 5.69 Å². The number of rotatable bonds is 4. The predicted octanol–water partition coefficient (Wildman–Crippen LogP) is 0.715. The molecule has 0 spiro atoms. The van der Waals surface area contributed by atoms with Gasteiger partial charge in [-0.25, -0.2) is 0 Å². The van der Waals surface area contributed by atoms with Crippen molar-refractivity contribution in [2.24, 2.45) is 11.7 Å². The Hall–Kier alpha value is -1.42. The average molecular weight is 207 g/mol. The van der Waals surface area contributed by atoms with Crippen molar-refractivity contribution in [2.45, 2.75) is 13.8 Å². The van der Waals surface area contributed by atoms with Crippen LogP contribution in [0.25, 0.3) is 0 Å². The normalized spacial score (nSPS) is 12.2. The predicted molar refractivity (Wildman–Crippen MR) is 59.5 cm³/mol. The van der Waals surface area contributed by atoms with Crippen molar-refractivity contribution in [3.8, 4) is 0 Å². The molecule has 3 N–H and O–H groups in total. The Kier molecular flexibility index (Phi) is 4.24. The quantitative estimate of drug-likeness (QED) is 0.764. The van der Waals surface area contributed by atoms with Gasteiger partial charge in [-0.1, -0.05) is 6.92 Å². The number of aromatic nitrogens is 1. The minimum absolute atomic E-state index is 0.0825. The molecule has 1 aromatic rings. The summed E-state index contributed by atoms with van der Waals surface area (Å²) in [5, 5.41) is 2.83. The zero-order valence-electron chi connectivity index (χ0n) is 9.16. The van der Waals surface area contributed by atoms with E-state index < -0.39 is 0 Å². The Morgan fingerprint density at radius 2 is 2.40 bits per heavy atom. The van der Waals surface area contributed by atoms with Gasteiger partial charge in [-0.15, -0.1) is 0 Å². The molecule has 0 radical (unpaired) electrons. The van der Waals surface area contributed by atoms with E-state index in [0.29, 0.717) is 24.6 Å². The highest BCUT2D eigenvalue weighted by atomic mass is 16.1. The molecule has 0 fully saturated rings. The molecular formula is C11H17N3O. The fourth-order valence-electron chi connectivity index (χ4n) is 1.17. The third-order valence-corrected chi connectivity index (χ3v) is 2.27. The van der Waals surface area contributed by atoms with Crippen molar-refractivity contribution < 1.29 is 4.79 Å². The summed E-state index contributed by atoms with van der Waals surface area (Å²) < 4.78 is 0. The number of amides is 1. The molecule has 4 heteroatoms. The monoisotopic (exact) mass is 207 g/mol. The molecule has 15 heavy (non-hydrogen) atoms. The van der Waals surface area contributed by atoms with Crippen LogP contribution in [0.15, 0.2) is 18.3 Å². The van der Waals surface area contributed by atoms with Crippen molar-refractivity contribution in [1.82, 2.24) is 10.3 Å². The molecule has 4 nitrogen and oxygen atoms in total. The van der Waals surface area contributed by atoms with E-state index in [1.54, 1.807) is 18.3 Å². The van der Waals surface area contributed by atoms with Gasteiger partial charge in [0.05, 0.1) is 5.56 Å². The van der Waals surface area contributed by atoms with Crippen molar-refractivity contribution in [3.63, 3.8) is 0 Å². The molecule has 0 aliphatic rings. The minimum Gasteiger partial charge on any atom is -0.352 e. The van der Waals surface area contributed by atoms with Crippen LogP contribution < -0.4 is 11.1 Å². The lowest BCUT2D eigenvalue weighted by Gasteiger charge is -2.10. The van der Waals surface area contributed by atoms with Crippen LogP contribution in [0, 0.1) is 12.8 Å². The third kappa shape index (κ3) is 3.32. The number of nitrogens with one attached hydrogen (secondary N) is 1. The lowest BCUT2D eigenvalue weighted by molar-refractivity contribution is 0.0947. The van der Waals surface area contributed by atoms with Gasteiger partial charge in [-0.3, -0.25) is 9.78 Å². The van der Waals surface area contributed by atoms with Crippen molar-refractivity contribution in [1.29, 1.82) is 0 Å². The van der Waals surface area contributed by atoms with E-state index in [1.807, 2.05) is 13.8 Å². The number of hydrogen-bond acceptors (Lipinski definition) is 3. The summed E-state index contributed by atoms with van der Waals surface area (Å²) in [5.41, 5.74) is 6.84. The van der Waals surface area contributed by atoms with Gasteiger partial charge < -0.3 is 11.1 Å². The summed E-state index contributed by atoms with van der Waals surface area (Å²) in [5.74, 6) is 0.215. The van der Waals surface area contributed by atoms with E-state index in [9.17, 15) is 4.79 Å². The van der Waals surface area contributed by atoms with Gasteiger partial charge in [-0.05, 0) is 31.5 Å². The van der Waals surface area contributed by atoms with Gasteiger partial charge in [0.1, 0.15) is 0 Å². The summed E-state index contributed by atoms with van der Waals surface area (Å²) in [6.45, 7) is 4.99. The molecular weight excluding hydrogens is 190 g/mol. The molecule has 1 aromatic heterocycles. The number of aryl methyl sites for hydroxylation is 1. The van der Waals surface area contributed by atoms with E-state index in [1.165, 1.54) is 0 Å². The molecule has 0 bridgehead atoms. The van der Waals surface area contributed by atoms with Crippen molar-refractivity contribution in [2.75, 3.05) is 13.1 Å². The first kappa shape index (κ1) is 11.7. The highest BCUT2D eigenvalue weighted by molar-refractivity contribution is 5.95. The Morgan fingerprint density at radius 1 is 1.67 bits per heavy atom. The Labute approximate surface area is 89.9 Å². The Balaban J connectivity index is 2.58. The van der Waals surface area contributed by atoms with Crippen LogP contribution >= 0.6 is 0 Å². The number of carbonyl (C=O) groups is 1. The summed E-state index contributed by atoms with van der Waals surface area (Å²) in [4.78, 5) is 15.8. The molecule has 0 aliphatic heterocycles. The van der Waals surface area contributed by atoms with Crippen LogP contribution in [0.1, 0.15) is 23.0 Å². The van der Waals surface area contributed by atoms with Crippen LogP contribution in [0.5, 0.6) is 0 Å². The second kappa shape index (κ2) is 5.46. The number of pyridine rings is 1. The van der Waals surface area contributed by atoms with Gasteiger partial charge in [0.15, 0.2) is 0 Å². The van der Waals surface area contributed by atoms with E-state index >= 15 is 0 Å². The molecule has 1 rings (SSSR count). The zero-order chi connectivity index (χ0) is 11.3. The fourth-order valence-corrected chi connectivity index (χ4v) is 1.17. The van der Waals surface area contributed by atoms with Crippen LogP contribution in [0.2, 0.25) is 0 Å². The fraction of sp³-hybridized carbons (Fsp3) is 0.455. The topological polar surface area (TPSA) is 68.0 Å². The molecule has 1 atom stereocenters. The van der Waals surface area contributed by atoms with Gasteiger partial charge >= 0.3 is 0 Å². The smallest absolute Gasteiger partial charge is 0.253 e. The van der Waals surface area contributed by atoms with E-state index in [4.69, 9.17) is 5.73 Å². The second-order valence-electron chi connectivity index (χ2n) is 3.69. The lowest BCUT2D eigenvalue weighted by atomic mass is 10.1. The SMILES string of the molecule is Cc1ncccc1C(=O)NCC(C)CN. The summed E-state index contributed by atoms with van der Waals surface area (Å²) in [6, 6.07) is 3.53. The van der Waals surface area contributed by atoms with E-state index in [-0.39, 0.29) is 5.91 Å². The van der Waals surface area contributed by atoms with Crippen LogP contribution in [-0.2, 0) is 0 Å². The second-order valence-corrected chi connectivity index (χ2v) is 3.69. The maximum atomic E-state index is 11.7. The van der Waals surface area contributed by atoms with Crippen molar-refractivity contribution >= 4 is 5.91 Å². The molecule has 1 unspecified atom stereocenters. The molecule has 1 heterocycles. The zero-order valence-corrected chi connectivity index (χ0v) is 9.16. The van der Waals surface area contributed by atoms with Gasteiger partial charge in [0.25, 0.3) is 5.91 Å². The highest BCUT2D eigenvalue weighted by Gasteiger charge is 2.09. The summed E-state index contributed by atoms with van der Waals surface area (Å²) in [6.07, 6.45) is 1.68. The van der Waals surface area contributed by atoms with E-state index in [2.05, 4.69) is 10.3 Å². The van der Waals surface area contributed by atoms with Crippen LogP contribution in [0.4, 0.5) is 0 Å². The largest absolute Gasteiger partial charge is 0.352 e. The molecule has 1 amide bonds. The number of nitrogens with zero attached hydrogens (tertiary/aromatic N) is 1. The van der Waals surface area contributed by atoms with Gasteiger partial charge in [0.2, 0.25) is 0 Å². The number of hydrogen-bond donors (Lipinski definition) is 2. The molecule has 0 aliphatic carbocycles. The van der Waals surface area contributed by atoms with Crippen molar-refractivity contribution in [3.05, 3.63) is 29.6 Å². The van der Waals surface area contributed by atoms with Crippen LogP contribution in [0.3, 0.4) is 0 Å². The first-order valence-corrected chi connectivity index (χ1v) is 5.05. The van der Waals surface area contributed by atoms with Gasteiger partial charge in [0, 0.05) is 18.4 Å². The number of nitrogens with two attached hydrogens (primary N) is 1. The van der Waals surface area contributed by atoms with Gasteiger partial charge in [-0.2, -0.15) is 0 Å².